The lowest BCUT2D eigenvalue weighted by Crippen LogP contribution is -2.32. The molecule has 3 aliphatic rings. The molecule has 0 aromatic carbocycles. The van der Waals surface area contributed by atoms with Crippen molar-refractivity contribution in [2.24, 2.45) is 23.7 Å². The Morgan fingerprint density at radius 3 is 2.46 bits per heavy atom. The molecular formula is C21H36O3. The van der Waals surface area contributed by atoms with Gasteiger partial charge in [0.05, 0.1) is 6.10 Å². The monoisotopic (exact) mass is 336 g/mol. The van der Waals surface area contributed by atoms with Gasteiger partial charge in [-0.15, -0.1) is 0 Å². The van der Waals surface area contributed by atoms with Crippen molar-refractivity contribution < 1.29 is 14.6 Å². The molecule has 138 valence electrons. The van der Waals surface area contributed by atoms with Gasteiger partial charge in [0.15, 0.2) is 0 Å². The summed E-state index contributed by atoms with van der Waals surface area (Å²) in [5, 5.41) is 8.70. The van der Waals surface area contributed by atoms with Gasteiger partial charge in [0.25, 0.3) is 0 Å². The van der Waals surface area contributed by atoms with Crippen molar-refractivity contribution in [3.8, 4) is 0 Å². The molecule has 4 atom stereocenters. The van der Waals surface area contributed by atoms with Crippen LogP contribution in [-0.2, 0) is 9.53 Å². The Balaban J connectivity index is 1.37. The highest BCUT2D eigenvalue weighted by Crippen LogP contribution is 2.51. The van der Waals surface area contributed by atoms with Gasteiger partial charge in [-0.1, -0.05) is 38.5 Å². The molecule has 0 aromatic heterocycles. The van der Waals surface area contributed by atoms with E-state index in [1.165, 1.54) is 70.6 Å². The molecule has 0 heterocycles. The van der Waals surface area contributed by atoms with E-state index >= 15 is 0 Å². The summed E-state index contributed by atoms with van der Waals surface area (Å²) < 4.78 is 6.52. The molecule has 3 heteroatoms. The van der Waals surface area contributed by atoms with Gasteiger partial charge in [-0.3, -0.25) is 4.79 Å². The molecule has 3 fully saturated rings. The van der Waals surface area contributed by atoms with E-state index in [-0.39, 0.29) is 0 Å². The molecule has 3 rings (SSSR count). The molecular weight excluding hydrogens is 300 g/mol. The number of carboxylic acid groups (broad SMARTS) is 1. The van der Waals surface area contributed by atoms with Crippen LogP contribution in [0.5, 0.6) is 0 Å². The third kappa shape index (κ3) is 4.97. The Hall–Kier alpha value is -0.570. The molecule has 1 N–H and O–H groups in total. The van der Waals surface area contributed by atoms with E-state index in [0.717, 1.165) is 43.1 Å². The Kier molecular flexibility index (Phi) is 7.00. The maximum Gasteiger partial charge on any atom is 0.303 e. The molecule has 3 nitrogen and oxygen atoms in total. The van der Waals surface area contributed by atoms with Crippen LogP contribution < -0.4 is 0 Å². The Morgan fingerprint density at radius 1 is 0.917 bits per heavy atom. The zero-order chi connectivity index (χ0) is 16.8. The molecule has 0 spiro atoms. The molecule has 0 saturated heterocycles. The standard InChI is InChI=1S/C21H36O3/c22-20(23)11-7-2-1-6-10-19-17-12-13-18(14-17)21(19)24-15-16-8-4-3-5-9-16/h16-19,21H,1-15H2,(H,22,23). The van der Waals surface area contributed by atoms with E-state index < -0.39 is 5.97 Å². The fourth-order valence-electron chi connectivity index (χ4n) is 5.63. The van der Waals surface area contributed by atoms with Gasteiger partial charge >= 0.3 is 5.97 Å². The lowest BCUT2D eigenvalue weighted by molar-refractivity contribution is -0.137. The highest BCUT2D eigenvalue weighted by atomic mass is 16.5. The first kappa shape index (κ1) is 18.2. The van der Waals surface area contributed by atoms with Gasteiger partial charge < -0.3 is 9.84 Å². The van der Waals surface area contributed by atoms with E-state index in [9.17, 15) is 4.79 Å². The van der Waals surface area contributed by atoms with Crippen molar-refractivity contribution in [2.75, 3.05) is 6.61 Å². The van der Waals surface area contributed by atoms with Crippen molar-refractivity contribution >= 4 is 5.97 Å². The Bertz CT molecular complexity index is 389. The first-order chi connectivity index (χ1) is 11.7. The highest BCUT2D eigenvalue weighted by molar-refractivity contribution is 5.66. The van der Waals surface area contributed by atoms with E-state index in [1.54, 1.807) is 0 Å². The van der Waals surface area contributed by atoms with E-state index in [1.807, 2.05) is 0 Å². The number of rotatable bonds is 10. The zero-order valence-corrected chi connectivity index (χ0v) is 15.3. The largest absolute Gasteiger partial charge is 0.481 e. The van der Waals surface area contributed by atoms with Crippen LogP contribution in [0.15, 0.2) is 0 Å². The number of aliphatic carboxylic acids is 1. The van der Waals surface area contributed by atoms with Gasteiger partial charge in [-0.25, -0.2) is 0 Å². The number of fused-ring (bicyclic) bond motifs is 2. The van der Waals surface area contributed by atoms with Crippen LogP contribution in [0.2, 0.25) is 0 Å². The normalized spacial score (nSPS) is 33.2. The third-order valence-electron chi connectivity index (χ3n) is 6.93. The van der Waals surface area contributed by atoms with Gasteiger partial charge in [0.1, 0.15) is 0 Å². The number of hydrogen-bond donors (Lipinski definition) is 1. The van der Waals surface area contributed by atoms with Crippen molar-refractivity contribution in [2.45, 2.75) is 96.0 Å². The molecule has 3 aliphatic carbocycles. The molecule has 0 aliphatic heterocycles. The van der Waals surface area contributed by atoms with Crippen LogP contribution in [0.1, 0.15) is 89.9 Å². The number of unbranched alkanes of at least 4 members (excludes halogenated alkanes) is 3. The molecule has 24 heavy (non-hydrogen) atoms. The van der Waals surface area contributed by atoms with E-state index in [2.05, 4.69) is 0 Å². The average Bonchev–Trinajstić information content (AvgIpc) is 3.18. The summed E-state index contributed by atoms with van der Waals surface area (Å²) in [4.78, 5) is 10.6. The van der Waals surface area contributed by atoms with Crippen LogP contribution in [0.25, 0.3) is 0 Å². The number of carbonyl (C=O) groups is 1. The summed E-state index contributed by atoms with van der Waals surface area (Å²) in [5.41, 5.74) is 0. The minimum absolute atomic E-state index is 0.335. The van der Waals surface area contributed by atoms with Crippen LogP contribution >= 0.6 is 0 Å². The summed E-state index contributed by atoms with van der Waals surface area (Å²) in [6, 6.07) is 0. The van der Waals surface area contributed by atoms with Gasteiger partial charge in [-0.05, 0) is 68.6 Å². The molecule has 4 unspecified atom stereocenters. The van der Waals surface area contributed by atoms with Crippen molar-refractivity contribution in [3.05, 3.63) is 0 Å². The maximum absolute atomic E-state index is 10.6. The van der Waals surface area contributed by atoms with Crippen LogP contribution in [0.4, 0.5) is 0 Å². The molecule has 0 aromatic rings. The molecule has 0 amide bonds. The SMILES string of the molecule is O=C(O)CCCCCCC1C2CCC(C2)C1OCC1CCCCC1. The smallest absolute Gasteiger partial charge is 0.303 e. The Labute approximate surface area is 147 Å². The summed E-state index contributed by atoms with van der Waals surface area (Å²) in [6.45, 7) is 1.02. The number of ether oxygens (including phenoxy) is 1. The number of hydrogen-bond acceptors (Lipinski definition) is 2. The zero-order valence-electron chi connectivity index (χ0n) is 15.3. The number of carboxylic acids is 1. The maximum atomic E-state index is 10.6. The quantitative estimate of drug-likeness (QED) is 0.542. The minimum atomic E-state index is -0.653. The van der Waals surface area contributed by atoms with Crippen molar-refractivity contribution in [1.29, 1.82) is 0 Å². The molecule has 2 bridgehead atoms. The van der Waals surface area contributed by atoms with Gasteiger partial charge in [-0.2, -0.15) is 0 Å². The summed E-state index contributed by atoms with van der Waals surface area (Å²) in [6.07, 6.45) is 17.8. The average molecular weight is 337 g/mol. The first-order valence-corrected chi connectivity index (χ1v) is 10.6. The fraction of sp³-hybridized carbons (Fsp3) is 0.952. The van der Waals surface area contributed by atoms with E-state index in [0.29, 0.717) is 12.5 Å². The molecule has 3 saturated carbocycles. The Morgan fingerprint density at radius 2 is 1.67 bits per heavy atom. The first-order valence-electron chi connectivity index (χ1n) is 10.6. The van der Waals surface area contributed by atoms with Crippen molar-refractivity contribution in [3.63, 3.8) is 0 Å². The van der Waals surface area contributed by atoms with Crippen LogP contribution in [-0.4, -0.2) is 23.8 Å². The predicted octanol–water partition coefficient (Wildman–Crippen LogP) is 5.42. The molecule has 0 radical (unpaired) electrons. The summed E-state index contributed by atoms with van der Waals surface area (Å²) in [5.74, 6) is 2.74. The van der Waals surface area contributed by atoms with E-state index in [4.69, 9.17) is 9.84 Å². The summed E-state index contributed by atoms with van der Waals surface area (Å²) >= 11 is 0. The lowest BCUT2D eigenvalue weighted by Gasteiger charge is -2.33. The second kappa shape index (κ2) is 9.22. The lowest BCUT2D eigenvalue weighted by atomic mass is 9.82. The van der Waals surface area contributed by atoms with Gasteiger partial charge in [0, 0.05) is 13.0 Å². The second-order valence-electron chi connectivity index (χ2n) is 8.65. The van der Waals surface area contributed by atoms with Gasteiger partial charge in [0.2, 0.25) is 0 Å². The topological polar surface area (TPSA) is 46.5 Å². The van der Waals surface area contributed by atoms with Crippen LogP contribution in [0, 0.1) is 23.7 Å². The highest BCUT2D eigenvalue weighted by Gasteiger charge is 2.47. The predicted molar refractivity (Wildman–Crippen MR) is 96.0 cm³/mol. The van der Waals surface area contributed by atoms with Crippen molar-refractivity contribution in [1.82, 2.24) is 0 Å². The summed E-state index contributed by atoms with van der Waals surface area (Å²) in [7, 11) is 0. The second-order valence-corrected chi connectivity index (χ2v) is 8.65. The fourth-order valence-corrected chi connectivity index (χ4v) is 5.63. The minimum Gasteiger partial charge on any atom is -0.481 e. The third-order valence-corrected chi connectivity index (χ3v) is 6.93. The van der Waals surface area contributed by atoms with Crippen LogP contribution in [0.3, 0.4) is 0 Å².